The molecule has 0 bridgehead atoms. The van der Waals surface area contributed by atoms with E-state index in [4.69, 9.17) is 28.4 Å². The summed E-state index contributed by atoms with van der Waals surface area (Å²) < 4.78 is 34.5. The van der Waals surface area contributed by atoms with Crippen LogP contribution in [0.5, 0.6) is 11.8 Å². The third-order valence-corrected chi connectivity index (χ3v) is 15.5. The number of aliphatic hydroxyl groups excluding tert-OH is 2. The average molecular weight is 1220 g/mol. The van der Waals surface area contributed by atoms with E-state index in [1.807, 2.05) is 55.4 Å². The molecule has 2 N–H and O–H groups in total. The van der Waals surface area contributed by atoms with Gasteiger partial charge in [0.25, 0.3) is 23.6 Å². The molecule has 2 aromatic carbocycles. The third-order valence-electron chi connectivity index (χ3n) is 15.5. The van der Waals surface area contributed by atoms with E-state index < -0.39 is 108 Å². The van der Waals surface area contributed by atoms with Crippen LogP contribution < -0.4 is 9.47 Å². The highest BCUT2D eigenvalue weighted by Gasteiger charge is 2.43. The molecule has 10 atom stereocenters. The minimum atomic E-state index is -1.63. The van der Waals surface area contributed by atoms with Crippen LogP contribution in [0.15, 0.2) is 85.2 Å². The maximum Gasteiger partial charge on any atom is 0.329 e. The topological polar surface area (TPSA) is 271 Å². The molecule has 22 heteroatoms. The highest BCUT2D eigenvalue weighted by molar-refractivity contribution is 5.94. The normalized spacial score (nSPS) is 22.8. The number of methoxy groups -OCH3 is 2. The van der Waals surface area contributed by atoms with Crippen molar-refractivity contribution in [3.05, 3.63) is 119 Å². The van der Waals surface area contributed by atoms with Gasteiger partial charge in [0, 0.05) is 76.7 Å². The van der Waals surface area contributed by atoms with Gasteiger partial charge in [0.15, 0.2) is 24.4 Å². The number of pyridine rings is 2. The van der Waals surface area contributed by atoms with Crippen LogP contribution in [0.2, 0.25) is 0 Å². The number of amides is 4. The van der Waals surface area contributed by atoms with Crippen molar-refractivity contribution in [2.24, 2.45) is 23.7 Å². The number of carbonyl (C=O) groups excluding carboxylic acids is 8. The molecule has 0 aliphatic carbocycles. The highest BCUT2D eigenvalue weighted by Crippen LogP contribution is 2.28. The predicted molar refractivity (Wildman–Crippen MR) is 325 cm³/mol. The lowest BCUT2D eigenvalue weighted by Gasteiger charge is -2.35. The largest absolute Gasteiger partial charge is 0.481 e. The number of hydrogen-bond donors (Lipinski definition) is 2. The molecule has 0 radical (unpaired) electrons. The van der Waals surface area contributed by atoms with Crippen molar-refractivity contribution in [2.45, 2.75) is 169 Å². The van der Waals surface area contributed by atoms with Crippen LogP contribution in [0, 0.1) is 23.7 Å². The van der Waals surface area contributed by atoms with Crippen molar-refractivity contribution in [3.8, 4) is 11.8 Å². The predicted octanol–water partition coefficient (Wildman–Crippen LogP) is 6.64. The van der Waals surface area contributed by atoms with E-state index in [9.17, 15) is 39.0 Å². The lowest BCUT2D eigenvalue weighted by Crippen LogP contribution is -2.55. The van der Waals surface area contributed by atoms with Gasteiger partial charge in [-0.3, -0.25) is 19.2 Å². The molecule has 480 valence electrons. The molecular formula is C66H90N6O16. The van der Waals surface area contributed by atoms with Crippen LogP contribution in [0.3, 0.4) is 0 Å². The molecule has 4 amide bonds. The van der Waals surface area contributed by atoms with Gasteiger partial charge in [-0.15, -0.1) is 0 Å². The first-order valence-corrected chi connectivity index (χ1v) is 29.9. The fourth-order valence-electron chi connectivity index (χ4n) is 10.3. The summed E-state index contributed by atoms with van der Waals surface area (Å²) in [5.41, 5.74) is 2.91. The van der Waals surface area contributed by atoms with Gasteiger partial charge in [-0.1, -0.05) is 104 Å². The van der Waals surface area contributed by atoms with Crippen molar-refractivity contribution in [3.63, 3.8) is 0 Å². The van der Waals surface area contributed by atoms with E-state index >= 15 is 9.59 Å². The van der Waals surface area contributed by atoms with Gasteiger partial charge in [0.05, 0.1) is 14.2 Å². The maximum absolute atomic E-state index is 15.1. The molecule has 22 nitrogen and oxygen atoms in total. The lowest BCUT2D eigenvalue weighted by molar-refractivity contribution is -0.176. The molecule has 4 aromatic rings. The molecule has 88 heavy (non-hydrogen) atoms. The zero-order valence-electron chi connectivity index (χ0n) is 53.7. The molecular weight excluding hydrogens is 1130 g/mol. The summed E-state index contributed by atoms with van der Waals surface area (Å²) in [5, 5.41) is 22.5. The van der Waals surface area contributed by atoms with Crippen LogP contribution in [-0.4, -0.2) is 178 Å². The second-order valence-corrected chi connectivity index (χ2v) is 24.4. The first kappa shape index (κ1) is 70.8. The molecule has 2 aromatic heterocycles. The Morgan fingerprint density at radius 2 is 0.670 bits per heavy atom. The second-order valence-electron chi connectivity index (χ2n) is 24.4. The van der Waals surface area contributed by atoms with Crippen LogP contribution in [0.1, 0.15) is 141 Å². The van der Waals surface area contributed by atoms with Gasteiger partial charge in [-0.05, 0) is 97.6 Å². The van der Waals surface area contributed by atoms with Crippen molar-refractivity contribution >= 4 is 47.5 Å². The Hall–Kier alpha value is -7.98. The Kier molecular flexibility index (Phi) is 26.0. The fourth-order valence-corrected chi connectivity index (χ4v) is 10.3. The molecule has 1 aliphatic rings. The van der Waals surface area contributed by atoms with E-state index in [2.05, 4.69) is 9.97 Å². The summed E-state index contributed by atoms with van der Waals surface area (Å²) in [4.78, 5) is 131. The van der Waals surface area contributed by atoms with Crippen molar-refractivity contribution < 1.29 is 77.0 Å². The molecule has 0 spiro atoms. The molecule has 0 saturated carbocycles. The van der Waals surface area contributed by atoms with E-state index in [1.165, 1.54) is 68.7 Å². The number of aliphatic hydroxyl groups is 2. The number of rotatable bonds is 18. The number of nitrogens with zero attached hydrogens (tertiary/aromatic N) is 6. The van der Waals surface area contributed by atoms with Gasteiger partial charge in [-0.2, -0.15) is 0 Å². The summed E-state index contributed by atoms with van der Waals surface area (Å²) in [5.74, 6) is -7.37. The van der Waals surface area contributed by atoms with Crippen LogP contribution in [0.25, 0.3) is 0 Å². The van der Waals surface area contributed by atoms with Gasteiger partial charge in [0.1, 0.15) is 36.4 Å². The maximum atomic E-state index is 15.1. The van der Waals surface area contributed by atoms with E-state index in [0.717, 1.165) is 19.6 Å². The molecule has 1 aliphatic heterocycles. The zero-order valence-corrected chi connectivity index (χ0v) is 53.7. The summed E-state index contributed by atoms with van der Waals surface area (Å²) in [7, 11) is 8.36. The van der Waals surface area contributed by atoms with Gasteiger partial charge >= 0.3 is 23.9 Å². The monoisotopic (exact) mass is 1220 g/mol. The van der Waals surface area contributed by atoms with Crippen LogP contribution in [-0.2, 0) is 70.1 Å². The molecule has 3 heterocycles. The Bertz CT molecular complexity index is 2780. The first-order chi connectivity index (χ1) is 41.5. The van der Waals surface area contributed by atoms with Crippen molar-refractivity contribution in [2.75, 3.05) is 42.4 Å². The van der Waals surface area contributed by atoms with E-state index in [-0.39, 0.29) is 62.2 Å². The van der Waals surface area contributed by atoms with Crippen LogP contribution >= 0.6 is 0 Å². The summed E-state index contributed by atoms with van der Waals surface area (Å²) in [6, 6.07) is 14.4. The van der Waals surface area contributed by atoms with E-state index in [0.29, 0.717) is 45.1 Å². The minimum absolute atomic E-state index is 0.0305. The van der Waals surface area contributed by atoms with Gasteiger partial charge in [-0.25, -0.2) is 29.1 Å². The summed E-state index contributed by atoms with van der Waals surface area (Å²) >= 11 is 0. The number of cyclic esters (lactones) is 4. The molecule has 1 fully saturated rings. The Morgan fingerprint density at radius 1 is 0.409 bits per heavy atom. The third kappa shape index (κ3) is 19.0. The highest BCUT2D eigenvalue weighted by atomic mass is 16.6. The number of hydrogen-bond acceptors (Lipinski definition) is 18. The zero-order chi connectivity index (χ0) is 65.4. The van der Waals surface area contributed by atoms with Gasteiger partial charge in [0.2, 0.25) is 11.8 Å². The van der Waals surface area contributed by atoms with Crippen LogP contribution in [0.4, 0.5) is 0 Å². The summed E-state index contributed by atoms with van der Waals surface area (Å²) in [6.45, 7) is 17.2. The quantitative estimate of drug-likeness (QED) is 0.0781. The number of likely N-dealkylation sites (N-methyl/N-ethyl adjacent to an activating group) is 4. The standard InChI is InChI=1S/C66H90N6O16/c1-37(2)29-49-63(79)85-41(9)59(75)69(11)52(32-40(7)8)66(82)88-54(34-44-19-23-46(24-20-44)58(74)48-26-28-56(84-16)68-36-48)62(78)72(14)50(30-38(3)4)64(80)86-42(10)60(76)70(12)51(31-39(5)6)65(81)87-53(61(77)71(49)13)33-43-17-21-45(22-18-43)57(73)47-25-27-55(83-15)67-35-47/h17-28,35-42,49-54,57-58,73-74H,29-34H2,1-16H3/t41-,42-,49+,50+,51+,52+,53-,54-,57?,58?/m1/s1. The number of carbonyl (C=O) groups is 8. The smallest absolute Gasteiger partial charge is 0.329 e. The molecule has 2 unspecified atom stereocenters. The number of aromatic nitrogens is 2. The molecule has 1 saturated heterocycles. The Balaban J connectivity index is 1.59. The number of esters is 4. The van der Waals surface area contributed by atoms with Crippen molar-refractivity contribution in [1.82, 2.24) is 29.6 Å². The van der Waals surface area contributed by atoms with Crippen molar-refractivity contribution in [1.29, 1.82) is 0 Å². The Morgan fingerprint density at radius 3 is 0.920 bits per heavy atom. The van der Waals surface area contributed by atoms with Gasteiger partial charge < -0.3 is 58.2 Å². The average Bonchev–Trinajstić information content (AvgIpc) is 3.24. The van der Waals surface area contributed by atoms with E-state index in [1.54, 1.807) is 72.8 Å². The Labute approximate surface area is 517 Å². The minimum Gasteiger partial charge on any atom is -0.481 e. The summed E-state index contributed by atoms with van der Waals surface area (Å²) in [6.07, 6.45) is -5.91. The molecule has 5 rings (SSSR count). The number of benzene rings is 2. The first-order valence-electron chi connectivity index (χ1n) is 29.9. The lowest BCUT2D eigenvalue weighted by atomic mass is 9.98. The second kappa shape index (κ2) is 32.3. The fraction of sp³-hybridized carbons (Fsp3) is 0.545. The SMILES string of the molecule is COc1ccc(C(O)c2ccc(C[C@H]3OC(=O)[C@H](CC(C)C)N(C)C(=O)[C@@H](C)OC(=O)[C@H](CC(C)C)N(C)C(=O)[C@@H](Cc4ccc(C(O)c5ccc(OC)nc5)cc4)OC(=O)[C@H](CC(C)C)N(C)C(=O)[C@@H](C)OC(=O)[C@H](CC(C)C)N(C)C3=O)cc2)cn1. The number of ether oxygens (including phenoxy) is 6.